The predicted molar refractivity (Wildman–Crippen MR) is 106 cm³/mol. The quantitative estimate of drug-likeness (QED) is 0.768. The molecule has 27 heavy (non-hydrogen) atoms. The lowest BCUT2D eigenvalue weighted by atomic mass is 10.0. The van der Waals surface area contributed by atoms with Crippen molar-refractivity contribution in [3.05, 3.63) is 18.1 Å². The number of hydrogen-bond acceptors (Lipinski definition) is 5. The molecular formula is C19H31N5O2S. The lowest BCUT2D eigenvalue weighted by Crippen LogP contribution is -2.51. The maximum Gasteiger partial charge on any atom is 0.281 e. The van der Waals surface area contributed by atoms with E-state index in [0.717, 1.165) is 50.0 Å². The van der Waals surface area contributed by atoms with E-state index in [0.29, 0.717) is 38.3 Å². The van der Waals surface area contributed by atoms with Crippen molar-refractivity contribution < 1.29 is 8.42 Å². The minimum absolute atomic E-state index is 0.363. The van der Waals surface area contributed by atoms with Crippen molar-refractivity contribution in [2.45, 2.75) is 70.4 Å². The molecule has 0 bridgehead atoms. The second-order valence-corrected chi connectivity index (χ2v) is 10.0. The highest BCUT2D eigenvalue weighted by molar-refractivity contribution is 7.86. The maximum atomic E-state index is 13.0. The molecule has 2 saturated heterocycles. The fourth-order valence-corrected chi connectivity index (χ4v) is 6.11. The Balaban J connectivity index is 1.43. The summed E-state index contributed by atoms with van der Waals surface area (Å²) >= 11 is 0. The molecule has 150 valence electrons. The monoisotopic (exact) mass is 393 g/mol. The number of aromatic nitrogens is 2. The van der Waals surface area contributed by atoms with Gasteiger partial charge in [0.05, 0.1) is 0 Å². The number of anilines is 1. The van der Waals surface area contributed by atoms with E-state index < -0.39 is 10.2 Å². The Morgan fingerprint density at radius 3 is 2.07 bits per heavy atom. The van der Waals surface area contributed by atoms with E-state index in [4.69, 9.17) is 0 Å². The predicted octanol–water partition coefficient (Wildman–Crippen LogP) is 2.34. The molecule has 8 heteroatoms. The van der Waals surface area contributed by atoms with Gasteiger partial charge in [-0.25, -0.2) is 9.97 Å². The van der Waals surface area contributed by atoms with Crippen molar-refractivity contribution in [3.8, 4) is 0 Å². The summed E-state index contributed by atoms with van der Waals surface area (Å²) in [6.07, 6.45) is 10.0. The number of aryl methyl sites for hydroxylation is 1. The molecule has 7 nitrogen and oxygen atoms in total. The molecule has 4 rings (SSSR count). The lowest BCUT2D eigenvalue weighted by Gasteiger charge is -2.40. The number of piperidine rings is 1. The summed E-state index contributed by atoms with van der Waals surface area (Å²) in [4.78, 5) is 11.2. The summed E-state index contributed by atoms with van der Waals surface area (Å²) in [5.41, 5.74) is 0.979. The SMILES string of the molecule is Cc1cc(N(C2CC2)C2CCN(S(=O)(=O)N3CCCCCC3)CC2)ncn1. The molecule has 0 unspecified atom stereocenters. The van der Waals surface area contributed by atoms with Crippen LogP contribution in [-0.2, 0) is 10.2 Å². The van der Waals surface area contributed by atoms with Crippen LogP contribution in [-0.4, -0.2) is 65.3 Å². The summed E-state index contributed by atoms with van der Waals surface area (Å²) in [7, 11) is -3.31. The van der Waals surface area contributed by atoms with Crippen molar-refractivity contribution in [1.29, 1.82) is 0 Å². The highest BCUT2D eigenvalue weighted by atomic mass is 32.2. The molecule has 1 aromatic rings. The Kier molecular flexibility index (Phi) is 5.66. The van der Waals surface area contributed by atoms with Gasteiger partial charge in [-0.1, -0.05) is 12.8 Å². The molecule has 3 heterocycles. The molecule has 3 fully saturated rings. The summed E-state index contributed by atoms with van der Waals surface area (Å²) in [6, 6.07) is 2.97. The van der Waals surface area contributed by atoms with Crippen molar-refractivity contribution in [3.63, 3.8) is 0 Å². The molecule has 1 saturated carbocycles. The van der Waals surface area contributed by atoms with Crippen LogP contribution in [0.5, 0.6) is 0 Å². The van der Waals surface area contributed by atoms with E-state index in [9.17, 15) is 8.42 Å². The normalized spacial score (nSPS) is 23.9. The van der Waals surface area contributed by atoms with Crippen LogP contribution in [0.1, 0.15) is 57.1 Å². The van der Waals surface area contributed by atoms with Gasteiger partial charge >= 0.3 is 0 Å². The molecule has 3 aliphatic rings. The van der Waals surface area contributed by atoms with Gasteiger partial charge in [0.1, 0.15) is 12.1 Å². The van der Waals surface area contributed by atoms with E-state index in [1.165, 1.54) is 12.8 Å². The fraction of sp³-hybridized carbons (Fsp3) is 0.789. The molecule has 0 amide bonds. The van der Waals surface area contributed by atoms with Gasteiger partial charge in [-0.15, -0.1) is 0 Å². The van der Waals surface area contributed by atoms with Gasteiger partial charge in [0.15, 0.2) is 0 Å². The Morgan fingerprint density at radius 2 is 1.48 bits per heavy atom. The molecule has 0 aromatic carbocycles. The Morgan fingerprint density at radius 1 is 0.889 bits per heavy atom. The van der Waals surface area contributed by atoms with E-state index in [2.05, 4.69) is 20.9 Å². The molecule has 0 atom stereocenters. The van der Waals surface area contributed by atoms with Gasteiger partial charge in [0.2, 0.25) is 0 Å². The van der Waals surface area contributed by atoms with Crippen LogP contribution in [0.3, 0.4) is 0 Å². The fourth-order valence-electron chi connectivity index (χ4n) is 4.39. The number of nitrogens with zero attached hydrogens (tertiary/aromatic N) is 5. The molecular weight excluding hydrogens is 362 g/mol. The van der Waals surface area contributed by atoms with Crippen LogP contribution in [0.15, 0.2) is 12.4 Å². The average Bonchev–Trinajstić information content (AvgIpc) is 3.50. The highest BCUT2D eigenvalue weighted by Crippen LogP contribution is 2.35. The zero-order valence-corrected chi connectivity index (χ0v) is 17.1. The largest absolute Gasteiger partial charge is 0.350 e. The van der Waals surface area contributed by atoms with E-state index in [1.54, 1.807) is 14.9 Å². The van der Waals surface area contributed by atoms with Crippen LogP contribution in [0.4, 0.5) is 5.82 Å². The highest BCUT2D eigenvalue weighted by Gasteiger charge is 2.39. The van der Waals surface area contributed by atoms with Crippen molar-refractivity contribution in [2.24, 2.45) is 0 Å². The second-order valence-electron chi connectivity index (χ2n) is 8.11. The van der Waals surface area contributed by atoms with Gasteiger partial charge in [0, 0.05) is 50.0 Å². The van der Waals surface area contributed by atoms with Crippen molar-refractivity contribution in [2.75, 3.05) is 31.1 Å². The van der Waals surface area contributed by atoms with Crippen LogP contribution in [0, 0.1) is 6.92 Å². The van der Waals surface area contributed by atoms with E-state index >= 15 is 0 Å². The van der Waals surface area contributed by atoms with Crippen molar-refractivity contribution >= 4 is 16.0 Å². The lowest BCUT2D eigenvalue weighted by molar-refractivity contribution is 0.280. The van der Waals surface area contributed by atoms with Gasteiger partial charge in [-0.2, -0.15) is 17.0 Å². The first-order valence-electron chi connectivity index (χ1n) is 10.4. The van der Waals surface area contributed by atoms with Gasteiger partial charge in [-0.3, -0.25) is 0 Å². The average molecular weight is 394 g/mol. The smallest absolute Gasteiger partial charge is 0.281 e. The van der Waals surface area contributed by atoms with Crippen molar-refractivity contribution in [1.82, 2.24) is 18.6 Å². The molecule has 0 spiro atoms. The first-order valence-corrected chi connectivity index (χ1v) is 11.8. The summed E-state index contributed by atoms with van der Waals surface area (Å²) in [5.74, 6) is 0.999. The summed E-state index contributed by atoms with van der Waals surface area (Å²) < 4.78 is 29.5. The molecule has 0 radical (unpaired) electrons. The summed E-state index contributed by atoms with van der Waals surface area (Å²) in [5, 5.41) is 0. The maximum absolute atomic E-state index is 13.0. The summed E-state index contributed by atoms with van der Waals surface area (Å²) in [6.45, 7) is 4.56. The van der Waals surface area contributed by atoms with Crippen LogP contribution < -0.4 is 4.90 Å². The van der Waals surface area contributed by atoms with Gasteiger partial charge in [0.25, 0.3) is 10.2 Å². The Bertz CT molecular complexity index is 736. The minimum Gasteiger partial charge on any atom is -0.350 e. The van der Waals surface area contributed by atoms with Gasteiger partial charge < -0.3 is 4.90 Å². The van der Waals surface area contributed by atoms with E-state index in [1.807, 2.05) is 6.92 Å². The standard InChI is InChI=1S/C19H31N5O2S/c1-16-14-19(21-15-20-16)24(17-6-7-17)18-8-12-23(13-9-18)27(25,26)22-10-4-2-3-5-11-22/h14-15,17-18H,2-13H2,1H3. The first-order chi connectivity index (χ1) is 13.1. The Hall–Kier alpha value is -1.25. The molecule has 2 aliphatic heterocycles. The minimum atomic E-state index is -3.31. The second kappa shape index (κ2) is 8.01. The third-order valence-corrected chi connectivity index (χ3v) is 8.06. The zero-order chi connectivity index (χ0) is 18.9. The number of hydrogen-bond donors (Lipinski definition) is 0. The first kappa shape index (κ1) is 19.1. The number of rotatable bonds is 5. The zero-order valence-electron chi connectivity index (χ0n) is 16.3. The van der Waals surface area contributed by atoms with Crippen LogP contribution in [0.25, 0.3) is 0 Å². The van der Waals surface area contributed by atoms with E-state index in [-0.39, 0.29) is 0 Å². The molecule has 1 aliphatic carbocycles. The molecule has 1 aromatic heterocycles. The molecule has 0 N–H and O–H groups in total. The van der Waals surface area contributed by atoms with Gasteiger partial charge in [-0.05, 0) is 45.4 Å². The third-order valence-electron chi connectivity index (χ3n) is 6.03. The Labute approximate surface area is 163 Å². The van der Waals surface area contributed by atoms with Crippen LogP contribution >= 0.6 is 0 Å². The third kappa shape index (κ3) is 4.27. The topological polar surface area (TPSA) is 69.6 Å². The van der Waals surface area contributed by atoms with Crippen LogP contribution in [0.2, 0.25) is 0 Å².